The summed E-state index contributed by atoms with van der Waals surface area (Å²) in [5, 5.41) is 0. The Labute approximate surface area is 93.2 Å². The van der Waals surface area contributed by atoms with Crippen molar-refractivity contribution in [2.45, 2.75) is 6.04 Å². The molecule has 0 saturated heterocycles. The predicted molar refractivity (Wildman–Crippen MR) is 57.1 cm³/mol. The van der Waals surface area contributed by atoms with Crippen molar-refractivity contribution >= 4 is 5.78 Å². The van der Waals surface area contributed by atoms with Gasteiger partial charge < -0.3 is 15.2 Å². The lowest BCUT2D eigenvalue weighted by Gasteiger charge is -2.10. The number of hydrogen-bond acceptors (Lipinski definition) is 4. The molecule has 1 rings (SSSR count). The van der Waals surface area contributed by atoms with Crippen LogP contribution in [-0.2, 0) is 4.74 Å². The van der Waals surface area contributed by atoms with Crippen LogP contribution in [0, 0.1) is 5.82 Å². The molecule has 0 aromatic heterocycles. The van der Waals surface area contributed by atoms with Crippen molar-refractivity contribution in [3.05, 3.63) is 29.6 Å². The van der Waals surface area contributed by atoms with Crippen LogP contribution in [0.4, 0.5) is 4.39 Å². The minimum atomic E-state index is -0.780. The fourth-order valence-electron chi connectivity index (χ4n) is 1.29. The highest BCUT2D eigenvalue weighted by atomic mass is 19.1. The number of nitrogens with two attached hydrogens (primary N) is 1. The number of benzene rings is 1. The Morgan fingerprint density at radius 3 is 2.69 bits per heavy atom. The SMILES string of the molecule is COCC(N)C(=O)c1ccc(OC)c(F)c1. The number of carbonyl (C=O) groups is 1. The summed E-state index contributed by atoms with van der Waals surface area (Å²) in [5.74, 6) is -0.849. The molecule has 5 heteroatoms. The first kappa shape index (κ1) is 12.6. The fraction of sp³-hybridized carbons (Fsp3) is 0.364. The van der Waals surface area contributed by atoms with E-state index in [1.165, 1.54) is 26.4 Å². The van der Waals surface area contributed by atoms with E-state index in [0.29, 0.717) is 0 Å². The Morgan fingerprint density at radius 2 is 2.19 bits per heavy atom. The minimum Gasteiger partial charge on any atom is -0.494 e. The number of Topliss-reactive ketones (excluding diaryl/α,β-unsaturated/α-hetero) is 1. The predicted octanol–water partition coefficient (Wildman–Crippen LogP) is 0.991. The summed E-state index contributed by atoms with van der Waals surface area (Å²) in [7, 11) is 2.80. The van der Waals surface area contributed by atoms with Crippen LogP contribution in [0.25, 0.3) is 0 Å². The molecule has 0 aliphatic carbocycles. The van der Waals surface area contributed by atoms with Crippen LogP contribution in [0.1, 0.15) is 10.4 Å². The van der Waals surface area contributed by atoms with Gasteiger partial charge in [0.25, 0.3) is 0 Å². The van der Waals surface area contributed by atoms with Crippen LogP contribution in [-0.4, -0.2) is 32.7 Å². The zero-order chi connectivity index (χ0) is 12.1. The highest BCUT2D eigenvalue weighted by Gasteiger charge is 2.17. The molecule has 88 valence electrons. The third-order valence-electron chi connectivity index (χ3n) is 2.12. The Bertz CT molecular complexity index is 381. The van der Waals surface area contributed by atoms with Gasteiger partial charge in [-0.05, 0) is 18.2 Å². The lowest BCUT2D eigenvalue weighted by Crippen LogP contribution is -2.34. The molecule has 16 heavy (non-hydrogen) atoms. The lowest BCUT2D eigenvalue weighted by molar-refractivity contribution is 0.0892. The van der Waals surface area contributed by atoms with Gasteiger partial charge in [-0.3, -0.25) is 4.79 Å². The molecule has 0 heterocycles. The molecular formula is C11H14FNO3. The lowest BCUT2D eigenvalue weighted by atomic mass is 10.1. The average molecular weight is 227 g/mol. The Hall–Kier alpha value is -1.46. The molecule has 1 atom stereocenters. The van der Waals surface area contributed by atoms with Gasteiger partial charge in [-0.25, -0.2) is 4.39 Å². The van der Waals surface area contributed by atoms with E-state index in [4.69, 9.17) is 15.2 Å². The number of ketones is 1. The summed E-state index contributed by atoms with van der Waals surface area (Å²) < 4.78 is 22.8. The number of ether oxygens (including phenoxy) is 2. The Kier molecular flexibility index (Phi) is 4.39. The second-order valence-electron chi connectivity index (χ2n) is 3.28. The van der Waals surface area contributed by atoms with Gasteiger partial charge in [-0.1, -0.05) is 0 Å². The number of hydrogen-bond donors (Lipinski definition) is 1. The van der Waals surface area contributed by atoms with Gasteiger partial charge in [0.15, 0.2) is 17.3 Å². The number of halogens is 1. The van der Waals surface area contributed by atoms with Crippen molar-refractivity contribution in [3.8, 4) is 5.75 Å². The standard InChI is InChI=1S/C11H14FNO3/c1-15-6-9(13)11(14)7-3-4-10(16-2)8(12)5-7/h3-5,9H,6,13H2,1-2H3. The van der Waals surface area contributed by atoms with Crippen molar-refractivity contribution in [2.24, 2.45) is 5.73 Å². The zero-order valence-electron chi connectivity index (χ0n) is 9.20. The molecule has 2 N–H and O–H groups in total. The molecule has 0 saturated carbocycles. The summed E-state index contributed by atoms with van der Waals surface area (Å²) in [6.07, 6.45) is 0. The van der Waals surface area contributed by atoms with E-state index in [1.807, 2.05) is 0 Å². The smallest absolute Gasteiger partial charge is 0.181 e. The molecule has 1 aromatic rings. The van der Waals surface area contributed by atoms with Crippen LogP contribution >= 0.6 is 0 Å². The average Bonchev–Trinajstić information content (AvgIpc) is 2.28. The third kappa shape index (κ3) is 2.77. The zero-order valence-corrected chi connectivity index (χ0v) is 9.20. The van der Waals surface area contributed by atoms with E-state index >= 15 is 0 Å². The summed E-state index contributed by atoms with van der Waals surface area (Å²) >= 11 is 0. The molecule has 1 aromatic carbocycles. The first-order valence-corrected chi connectivity index (χ1v) is 4.72. The monoisotopic (exact) mass is 227 g/mol. The minimum absolute atomic E-state index is 0.0943. The van der Waals surface area contributed by atoms with Gasteiger partial charge in [-0.2, -0.15) is 0 Å². The van der Waals surface area contributed by atoms with Crippen LogP contribution in [0.3, 0.4) is 0 Å². The van der Waals surface area contributed by atoms with E-state index in [0.717, 1.165) is 6.07 Å². The van der Waals surface area contributed by atoms with Crippen LogP contribution < -0.4 is 10.5 Å². The van der Waals surface area contributed by atoms with E-state index in [9.17, 15) is 9.18 Å². The van der Waals surface area contributed by atoms with Gasteiger partial charge >= 0.3 is 0 Å². The van der Waals surface area contributed by atoms with Gasteiger partial charge in [0.05, 0.1) is 19.8 Å². The maximum atomic E-state index is 13.3. The molecule has 0 aliphatic heterocycles. The second kappa shape index (κ2) is 5.58. The molecule has 0 amide bonds. The highest BCUT2D eigenvalue weighted by molar-refractivity contribution is 6.00. The Balaban J connectivity index is 2.88. The molecule has 1 unspecified atom stereocenters. The van der Waals surface area contributed by atoms with E-state index in [-0.39, 0.29) is 23.7 Å². The largest absolute Gasteiger partial charge is 0.494 e. The van der Waals surface area contributed by atoms with Crippen molar-refractivity contribution in [2.75, 3.05) is 20.8 Å². The summed E-state index contributed by atoms with van der Waals surface area (Å²) in [6.45, 7) is 0.104. The number of carbonyl (C=O) groups excluding carboxylic acids is 1. The summed E-state index contributed by atoms with van der Waals surface area (Å²) in [6, 6.07) is 3.19. The quantitative estimate of drug-likeness (QED) is 0.762. The Morgan fingerprint density at radius 1 is 1.50 bits per heavy atom. The normalized spacial score (nSPS) is 12.2. The topological polar surface area (TPSA) is 61.5 Å². The van der Waals surface area contributed by atoms with E-state index < -0.39 is 11.9 Å². The van der Waals surface area contributed by atoms with Crippen molar-refractivity contribution in [1.29, 1.82) is 0 Å². The number of methoxy groups -OCH3 is 2. The third-order valence-corrected chi connectivity index (χ3v) is 2.12. The van der Waals surface area contributed by atoms with E-state index in [2.05, 4.69) is 0 Å². The molecule has 0 aliphatic rings. The first-order valence-electron chi connectivity index (χ1n) is 4.72. The maximum Gasteiger partial charge on any atom is 0.181 e. The molecule has 4 nitrogen and oxygen atoms in total. The van der Waals surface area contributed by atoms with Crippen molar-refractivity contribution in [3.63, 3.8) is 0 Å². The number of rotatable bonds is 5. The molecule has 0 fully saturated rings. The first-order chi connectivity index (χ1) is 7.60. The molecule has 0 radical (unpaired) electrons. The van der Waals surface area contributed by atoms with E-state index in [1.54, 1.807) is 0 Å². The molecule has 0 spiro atoms. The maximum absolute atomic E-state index is 13.3. The van der Waals surface area contributed by atoms with Gasteiger partial charge in [0.2, 0.25) is 0 Å². The molecule has 0 bridgehead atoms. The second-order valence-corrected chi connectivity index (χ2v) is 3.28. The molecular weight excluding hydrogens is 213 g/mol. The van der Waals surface area contributed by atoms with Crippen LogP contribution in [0.5, 0.6) is 5.75 Å². The van der Waals surface area contributed by atoms with Gasteiger partial charge in [0, 0.05) is 12.7 Å². The fourth-order valence-corrected chi connectivity index (χ4v) is 1.29. The van der Waals surface area contributed by atoms with Crippen molar-refractivity contribution < 1.29 is 18.7 Å². The van der Waals surface area contributed by atoms with Gasteiger partial charge in [-0.15, -0.1) is 0 Å². The summed E-state index contributed by atoms with van der Waals surface area (Å²) in [5.41, 5.74) is 5.76. The highest BCUT2D eigenvalue weighted by Crippen LogP contribution is 2.18. The van der Waals surface area contributed by atoms with Gasteiger partial charge in [0.1, 0.15) is 0 Å². The summed E-state index contributed by atoms with van der Waals surface area (Å²) in [4.78, 5) is 11.7. The van der Waals surface area contributed by atoms with Crippen LogP contribution in [0.2, 0.25) is 0 Å². The van der Waals surface area contributed by atoms with Crippen molar-refractivity contribution in [1.82, 2.24) is 0 Å². The van der Waals surface area contributed by atoms with Crippen LogP contribution in [0.15, 0.2) is 18.2 Å².